The molecule has 2 aliphatic rings. The number of hydrogen-bond acceptors (Lipinski definition) is 4. The number of fused-ring (bicyclic) bond motifs is 1. The van der Waals surface area contributed by atoms with Gasteiger partial charge in [0.15, 0.2) is 0 Å². The van der Waals surface area contributed by atoms with Gasteiger partial charge in [0.25, 0.3) is 0 Å². The molecule has 1 amide bonds. The molecule has 1 fully saturated rings. The Morgan fingerprint density at radius 1 is 1.14 bits per heavy atom. The summed E-state index contributed by atoms with van der Waals surface area (Å²) >= 11 is 6.14. The van der Waals surface area contributed by atoms with Gasteiger partial charge in [0.2, 0.25) is 5.91 Å². The van der Waals surface area contributed by atoms with Gasteiger partial charge in [0.05, 0.1) is 18.8 Å². The van der Waals surface area contributed by atoms with E-state index in [0.29, 0.717) is 49.6 Å². The van der Waals surface area contributed by atoms with E-state index in [2.05, 4.69) is 17.0 Å². The number of rotatable bonds is 4. The maximum absolute atomic E-state index is 13.0. The van der Waals surface area contributed by atoms with Crippen molar-refractivity contribution in [2.45, 2.75) is 5.92 Å². The van der Waals surface area contributed by atoms with Crippen LogP contribution < -0.4 is 15.4 Å². The standard InChI is InChI=1S/C21H24ClN3O2.2ClH/c22-17-6-7-20-19(10-17)24(8-9-27-20)14-21(26)25-12-16(11-23)18(13-25)15-4-2-1-3-5-15;;/h1-7,10,16,18H,8-9,11-14,23H2;2*1H/t16-,18+;;/m1../s1. The summed E-state index contributed by atoms with van der Waals surface area (Å²) in [5.74, 6) is 1.50. The normalized spacial score (nSPS) is 20.2. The van der Waals surface area contributed by atoms with E-state index >= 15 is 0 Å². The van der Waals surface area contributed by atoms with Crippen molar-refractivity contribution in [3.05, 3.63) is 59.1 Å². The van der Waals surface area contributed by atoms with Crippen molar-refractivity contribution >= 4 is 48.0 Å². The van der Waals surface area contributed by atoms with Gasteiger partial charge >= 0.3 is 0 Å². The second-order valence-corrected chi connectivity index (χ2v) is 7.63. The van der Waals surface area contributed by atoms with Gasteiger partial charge in [-0.3, -0.25) is 4.79 Å². The molecular weight excluding hydrogens is 433 g/mol. The lowest BCUT2D eigenvalue weighted by Crippen LogP contribution is -2.42. The zero-order chi connectivity index (χ0) is 18.8. The molecule has 5 nitrogen and oxygen atoms in total. The van der Waals surface area contributed by atoms with E-state index in [1.807, 2.05) is 41.3 Å². The molecular formula is C21H26Cl3N3O2. The second kappa shape index (κ2) is 10.4. The second-order valence-electron chi connectivity index (χ2n) is 7.19. The van der Waals surface area contributed by atoms with Crippen LogP contribution in [0.1, 0.15) is 11.5 Å². The molecule has 0 radical (unpaired) electrons. The summed E-state index contributed by atoms with van der Waals surface area (Å²) in [5.41, 5.74) is 8.15. The number of carbonyl (C=O) groups is 1. The highest BCUT2D eigenvalue weighted by atomic mass is 35.5. The van der Waals surface area contributed by atoms with Crippen molar-refractivity contribution < 1.29 is 9.53 Å². The summed E-state index contributed by atoms with van der Waals surface area (Å²) in [6, 6.07) is 15.9. The molecule has 0 aromatic heterocycles. The minimum absolute atomic E-state index is 0. The Labute approximate surface area is 189 Å². The third kappa shape index (κ3) is 5.10. The fourth-order valence-corrected chi connectivity index (χ4v) is 4.23. The van der Waals surface area contributed by atoms with Gasteiger partial charge in [-0.15, -0.1) is 24.8 Å². The SMILES string of the molecule is Cl.Cl.NC[C@@H]1CN(C(=O)CN2CCOc3ccc(Cl)cc32)C[C@H]1c1ccccc1. The lowest BCUT2D eigenvalue weighted by molar-refractivity contribution is -0.128. The fraction of sp³-hybridized carbons (Fsp3) is 0.381. The van der Waals surface area contributed by atoms with Gasteiger partial charge < -0.3 is 20.3 Å². The van der Waals surface area contributed by atoms with Crippen LogP contribution in [-0.2, 0) is 4.79 Å². The number of benzene rings is 2. The van der Waals surface area contributed by atoms with Gasteiger partial charge in [0.1, 0.15) is 12.4 Å². The van der Waals surface area contributed by atoms with E-state index in [-0.39, 0.29) is 30.7 Å². The number of anilines is 1. The molecule has 0 spiro atoms. The van der Waals surface area contributed by atoms with Gasteiger partial charge in [-0.1, -0.05) is 41.9 Å². The number of amides is 1. The molecule has 0 bridgehead atoms. The summed E-state index contributed by atoms with van der Waals surface area (Å²) in [7, 11) is 0. The Balaban J connectivity index is 0.00000150. The average molecular weight is 459 g/mol. The minimum atomic E-state index is 0. The van der Waals surface area contributed by atoms with E-state index in [1.54, 1.807) is 0 Å². The number of likely N-dealkylation sites (tertiary alicyclic amines) is 1. The Bertz CT molecular complexity index is 822. The topological polar surface area (TPSA) is 58.8 Å². The molecule has 2 N–H and O–H groups in total. The highest BCUT2D eigenvalue weighted by Crippen LogP contribution is 2.35. The summed E-state index contributed by atoms with van der Waals surface area (Å²) < 4.78 is 5.68. The minimum Gasteiger partial charge on any atom is -0.490 e. The molecule has 2 aromatic rings. The van der Waals surface area contributed by atoms with Crippen LogP contribution in [0.2, 0.25) is 5.02 Å². The number of ether oxygens (including phenoxy) is 1. The smallest absolute Gasteiger partial charge is 0.242 e. The lowest BCUT2D eigenvalue weighted by Gasteiger charge is -2.32. The summed E-state index contributed by atoms with van der Waals surface area (Å²) in [6.07, 6.45) is 0. The first-order valence-electron chi connectivity index (χ1n) is 9.36. The third-order valence-corrected chi connectivity index (χ3v) is 5.77. The molecule has 8 heteroatoms. The van der Waals surface area contributed by atoms with Crippen LogP contribution in [0, 0.1) is 5.92 Å². The average Bonchev–Trinajstić information content (AvgIpc) is 3.14. The molecule has 0 saturated carbocycles. The third-order valence-electron chi connectivity index (χ3n) is 5.53. The van der Waals surface area contributed by atoms with Crippen LogP contribution in [0.25, 0.3) is 0 Å². The van der Waals surface area contributed by atoms with Gasteiger partial charge in [-0.25, -0.2) is 0 Å². The first kappa shape index (κ1) is 23.6. The Morgan fingerprint density at radius 3 is 2.62 bits per heavy atom. The van der Waals surface area contributed by atoms with Crippen LogP contribution in [0.3, 0.4) is 0 Å². The van der Waals surface area contributed by atoms with Crippen molar-refractivity contribution in [1.29, 1.82) is 0 Å². The summed E-state index contributed by atoms with van der Waals surface area (Å²) in [4.78, 5) is 17.0. The van der Waals surface area contributed by atoms with E-state index in [9.17, 15) is 4.79 Å². The van der Waals surface area contributed by atoms with Crippen molar-refractivity contribution in [2.75, 3.05) is 44.2 Å². The number of carbonyl (C=O) groups excluding carboxylic acids is 1. The molecule has 4 rings (SSSR count). The van der Waals surface area contributed by atoms with Crippen molar-refractivity contribution in [3.8, 4) is 5.75 Å². The van der Waals surface area contributed by atoms with Crippen molar-refractivity contribution in [3.63, 3.8) is 0 Å². The molecule has 1 saturated heterocycles. The highest BCUT2D eigenvalue weighted by molar-refractivity contribution is 6.31. The summed E-state index contributed by atoms with van der Waals surface area (Å²) in [5, 5.41) is 0.644. The molecule has 2 aliphatic heterocycles. The predicted octanol–water partition coefficient (Wildman–Crippen LogP) is 3.58. The maximum atomic E-state index is 13.0. The molecule has 2 atom stereocenters. The highest BCUT2D eigenvalue weighted by Gasteiger charge is 2.36. The first-order chi connectivity index (χ1) is 13.2. The first-order valence-corrected chi connectivity index (χ1v) is 9.73. The maximum Gasteiger partial charge on any atom is 0.242 e. The van der Waals surface area contributed by atoms with Crippen molar-refractivity contribution in [2.24, 2.45) is 11.7 Å². The molecule has 2 aromatic carbocycles. The Morgan fingerprint density at radius 2 is 1.90 bits per heavy atom. The molecule has 0 aliphatic carbocycles. The van der Waals surface area contributed by atoms with Gasteiger partial charge in [-0.2, -0.15) is 0 Å². The van der Waals surface area contributed by atoms with Crippen LogP contribution in [0.5, 0.6) is 5.75 Å². The quantitative estimate of drug-likeness (QED) is 0.761. The van der Waals surface area contributed by atoms with Crippen LogP contribution >= 0.6 is 36.4 Å². The predicted molar refractivity (Wildman–Crippen MR) is 122 cm³/mol. The molecule has 2 heterocycles. The van der Waals surface area contributed by atoms with E-state index in [0.717, 1.165) is 18.0 Å². The van der Waals surface area contributed by atoms with Crippen molar-refractivity contribution in [1.82, 2.24) is 4.90 Å². The van der Waals surface area contributed by atoms with E-state index in [1.165, 1.54) is 5.56 Å². The van der Waals surface area contributed by atoms with E-state index < -0.39 is 0 Å². The fourth-order valence-electron chi connectivity index (χ4n) is 4.07. The zero-order valence-corrected chi connectivity index (χ0v) is 18.4. The summed E-state index contributed by atoms with van der Waals surface area (Å²) in [6.45, 7) is 3.59. The Hall–Kier alpha value is -1.66. The van der Waals surface area contributed by atoms with E-state index in [4.69, 9.17) is 22.1 Å². The van der Waals surface area contributed by atoms with Crippen LogP contribution in [0.15, 0.2) is 48.5 Å². The van der Waals surface area contributed by atoms with Crippen LogP contribution in [0.4, 0.5) is 5.69 Å². The Kier molecular flexibility index (Phi) is 8.46. The number of halogens is 3. The van der Waals surface area contributed by atoms with Crippen LogP contribution in [-0.4, -0.2) is 50.1 Å². The molecule has 0 unspecified atom stereocenters. The number of nitrogens with zero attached hydrogens (tertiary/aromatic N) is 2. The van der Waals surface area contributed by atoms with Gasteiger partial charge in [-0.05, 0) is 36.2 Å². The monoisotopic (exact) mass is 457 g/mol. The largest absolute Gasteiger partial charge is 0.490 e. The number of hydrogen-bond donors (Lipinski definition) is 1. The lowest BCUT2D eigenvalue weighted by atomic mass is 9.89. The number of nitrogens with two attached hydrogens (primary N) is 1. The zero-order valence-electron chi connectivity index (χ0n) is 16.0. The molecule has 158 valence electrons. The molecule has 29 heavy (non-hydrogen) atoms. The van der Waals surface area contributed by atoms with Gasteiger partial charge in [0, 0.05) is 24.0 Å².